The van der Waals surface area contributed by atoms with Crippen LogP contribution < -0.4 is 15.8 Å². The molecule has 0 radical (unpaired) electrons. The summed E-state index contributed by atoms with van der Waals surface area (Å²) in [5, 5.41) is 11.8. The maximum absolute atomic E-state index is 12.0. The molecule has 6 nitrogen and oxygen atoms in total. The first-order valence-corrected chi connectivity index (χ1v) is 6.98. The van der Waals surface area contributed by atoms with Gasteiger partial charge in [-0.1, -0.05) is 13.8 Å². The van der Waals surface area contributed by atoms with Gasteiger partial charge in [0.05, 0.1) is 5.56 Å². The van der Waals surface area contributed by atoms with Gasteiger partial charge in [0.2, 0.25) is 0 Å². The van der Waals surface area contributed by atoms with Gasteiger partial charge in [-0.3, -0.25) is 4.79 Å². The minimum atomic E-state index is -1.10. The number of carbonyl (C=O) groups is 2. The summed E-state index contributed by atoms with van der Waals surface area (Å²) >= 11 is 0. The topological polar surface area (TPSA) is 102 Å². The number of rotatable bonds is 7. The van der Waals surface area contributed by atoms with E-state index in [9.17, 15) is 9.59 Å². The minimum Gasteiger partial charge on any atom is -0.481 e. The number of carboxylic acid groups (broad SMARTS) is 1. The monoisotopic (exact) mass is 294 g/mol. The van der Waals surface area contributed by atoms with E-state index in [0.717, 1.165) is 12.8 Å². The molecule has 0 aromatic heterocycles. The lowest BCUT2D eigenvalue weighted by Gasteiger charge is -2.19. The van der Waals surface area contributed by atoms with Crippen molar-refractivity contribution in [2.24, 2.45) is 0 Å². The number of nitrogen functional groups attached to an aromatic ring is 1. The van der Waals surface area contributed by atoms with Crippen molar-refractivity contribution in [1.82, 2.24) is 5.32 Å². The van der Waals surface area contributed by atoms with E-state index in [4.69, 9.17) is 15.6 Å². The van der Waals surface area contributed by atoms with Crippen LogP contribution in [0.4, 0.5) is 5.69 Å². The maximum Gasteiger partial charge on any atom is 0.337 e. The Balaban J connectivity index is 2.70. The number of hydrogen-bond acceptors (Lipinski definition) is 4. The van der Waals surface area contributed by atoms with Crippen molar-refractivity contribution >= 4 is 17.6 Å². The molecule has 21 heavy (non-hydrogen) atoms. The molecule has 1 rings (SSSR count). The maximum atomic E-state index is 12.0. The van der Waals surface area contributed by atoms with Crippen LogP contribution >= 0.6 is 0 Å². The fraction of sp³-hybridized carbons (Fsp3) is 0.467. The van der Waals surface area contributed by atoms with Gasteiger partial charge in [0.1, 0.15) is 5.75 Å². The number of nitrogens with two attached hydrogens (primary N) is 1. The van der Waals surface area contributed by atoms with Gasteiger partial charge in [-0.05, 0) is 31.9 Å². The van der Waals surface area contributed by atoms with Crippen LogP contribution in [0.2, 0.25) is 0 Å². The highest BCUT2D eigenvalue weighted by atomic mass is 16.5. The molecule has 0 aliphatic rings. The van der Waals surface area contributed by atoms with Crippen molar-refractivity contribution in [3.63, 3.8) is 0 Å². The van der Waals surface area contributed by atoms with Gasteiger partial charge < -0.3 is 20.9 Å². The summed E-state index contributed by atoms with van der Waals surface area (Å²) < 4.78 is 5.50. The van der Waals surface area contributed by atoms with Gasteiger partial charge in [0.15, 0.2) is 6.10 Å². The summed E-state index contributed by atoms with van der Waals surface area (Å²) in [6.45, 7) is 5.65. The molecule has 0 fully saturated rings. The van der Waals surface area contributed by atoms with Crippen LogP contribution in [0.15, 0.2) is 18.2 Å². The van der Waals surface area contributed by atoms with Crippen molar-refractivity contribution in [2.45, 2.75) is 45.8 Å². The summed E-state index contributed by atoms with van der Waals surface area (Å²) in [6.07, 6.45) is 1.03. The molecule has 0 aliphatic heterocycles. The van der Waals surface area contributed by atoms with Crippen LogP contribution in [0.1, 0.15) is 44.0 Å². The standard InChI is InChI=1S/C15H22N2O4/c1-4-10(5-2)17-14(18)9(3)21-11-6-7-12(15(19)20)13(16)8-11/h6-10H,4-5,16H2,1-3H3,(H,17,18)(H,19,20). The van der Waals surface area contributed by atoms with E-state index in [0.29, 0.717) is 5.75 Å². The second kappa shape index (κ2) is 7.52. The smallest absolute Gasteiger partial charge is 0.337 e. The van der Waals surface area contributed by atoms with E-state index >= 15 is 0 Å². The number of carboxylic acids is 1. The highest BCUT2D eigenvalue weighted by Crippen LogP contribution is 2.21. The van der Waals surface area contributed by atoms with Crippen LogP contribution in [0, 0.1) is 0 Å². The molecule has 0 saturated carbocycles. The first kappa shape index (κ1) is 16.8. The third-order valence-corrected chi connectivity index (χ3v) is 3.27. The summed E-state index contributed by atoms with van der Waals surface area (Å²) in [4.78, 5) is 22.8. The molecule has 0 spiro atoms. The van der Waals surface area contributed by atoms with Crippen molar-refractivity contribution in [3.05, 3.63) is 23.8 Å². The predicted octanol–water partition coefficient (Wildman–Crippen LogP) is 2.04. The lowest BCUT2D eigenvalue weighted by Crippen LogP contribution is -2.42. The molecule has 0 saturated heterocycles. The average Bonchev–Trinajstić information content (AvgIpc) is 2.44. The number of ether oxygens (including phenoxy) is 1. The molecular weight excluding hydrogens is 272 g/mol. The van der Waals surface area contributed by atoms with Crippen LogP contribution in [0.5, 0.6) is 5.75 Å². The third-order valence-electron chi connectivity index (χ3n) is 3.27. The van der Waals surface area contributed by atoms with Crippen LogP contribution in [-0.2, 0) is 4.79 Å². The zero-order valence-electron chi connectivity index (χ0n) is 12.6. The number of aromatic carboxylic acids is 1. The molecular formula is C15H22N2O4. The van der Waals surface area contributed by atoms with Crippen molar-refractivity contribution in [1.29, 1.82) is 0 Å². The first-order chi connectivity index (χ1) is 9.88. The SMILES string of the molecule is CCC(CC)NC(=O)C(C)Oc1ccc(C(=O)O)c(N)c1. The van der Waals surface area contributed by atoms with Crippen molar-refractivity contribution in [2.75, 3.05) is 5.73 Å². The fourth-order valence-corrected chi connectivity index (χ4v) is 1.88. The number of amides is 1. The van der Waals surface area contributed by atoms with E-state index in [-0.39, 0.29) is 23.2 Å². The zero-order chi connectivity index (χ0) is 16.0. The Morgan fingerprint density at radius 1 is 1.33 bits per heavy atom. The van der Waals surface area contributed by atoms with Crippen LogP contribution in [-0.4, -0.2) is 29.1 Å². The second-order valence-corrected chi connectivity index (χ2v) is 4.84. The van der Waals surface area contributed by atoms with Gasteiger partial charge in [0, 0.05) is 17.8 Å². The highest BCUT2D eigenvalue weighted by molar-refractivity contribution is 5.93. The molecule has 0 heterocycles. The molecule has 1 atom stereocenters. The van der Waals surface area contributed by atoms with E-state index in [1.807, 2.05) is 13.8 Å². The Labute approximate surface area is 124 Å². The quantitative estimate of drug-likeness (QED) is 0.668. The number of nitrogens with one attached hydrogen (secondary N) is 1. The van der Waals surface area contributed by atoms with Gasteiger partial charge in [-0.25, -0.2) is 4.79 Å². The van der Waals surface area contributed by atoms with Crippen LogP contribution in [0.3, 0.4) is 0 Å². The lowest BCUT2D eigenvalue weighted by molar-refractivity contribution is -0.128. The Bertz CT molecular complexity index is 512. The molecule has 1 aromatic rings. The predicted molar refractivity (Wildman–Crippen MR) is 80.4 cm³/mol. The average molecular weight is 294 g/mol. The van der Waals surface area contributed by atoms with Gasteiger partial charge in [-0.2, -0.15) is 0 Å². The molecule has 1 aromatic carbocycles. The van der Waals surface area contributed by atoms with Gasteiger partial charge in [-0.15, -0.1) is 0 Å². The molecule has 0 bridgehead atoms. The minimum absolute atomic E-state index is 0.0106. The third kappa shape index (κ3) is 4.66. The largest absolute Gasteiger partial charge is 0.481 e. The Morgan fingerprint density at radius 3 is 2.43 bits per heavy atom. The van der Waals surface area contributed by atoms with E-state index in [1.165, 1.54) is 18.2 Å². The molecule has 1 unspecified atom stereocenters. The Kier molecular flexibility index (Phi) is 6.02. The number of carbonyl (C=O) groups excluding carboxylic acids is 1. The molecule has 6 heteroatoms. The zero-order valence-corrected chi connectivity index (χ0v) is 12.6. The van der Waals surface area contributed by atoms with Gasteiger partial charge in [0.25, 0.3) is 5.91 Å². The summed E-state index contributed by atoms with van der Waals surface area (Å²) in [5.74, 6) is -0.937. The number of hydrogen-bond donors (Lipinski definition) is 3. The van der Waals surface area contributed by atoms with Crippen molar-refractivity contribution < 1.29 is 19.4 Å². The van der Waals surface area contributed by atoms with E-state index in [1.54, 1.807) is 6.92 Å². The van der Waals surface area contributed by atoms with E-state index < -0.39 is 12.1 Å². The lowest BCUT2D eigenvalue weighted by atomic mass is 10.1. The Morgan fingerprint density at radius 2 is 1.95 bits per heavy atom. The second-order valence-electron chi connectivity index (χ2n) is 4.84. The van der Waals surface area contributed by atoms with Crippen molar-refractivity contribution in [3.8, 4) is 5.75 Å². The normalized spacial score (nSPS) is 12.0. The summed E-state index contributed by atoms with van der Waals surface area (Å²) in [5.41, 5.74) is 5.75. The molecule has 116 valence electrons. The highest BCUT2D eigenvalue weighted by Gasteiger charge is 2.18. The van der Waals surface area contributed by atoms with Crippen LogP contribution in [0.25, 0.3) is 0 Å². The number of anilines is 1. The summed E-state index contributed by atoms with van der Waals surface area (Å²) in [7, 11) is 0. The first-order valence-electron chi connectivity index (χ1n) is 6.98. The fourth-order valence-electron chi connectivity index (χ4n) is 1.88. The Hall–Kier alpha value is -2.24. The molecule has 0 aliphatic carbocycles. The van der Waals surface area contributed by atoms with E-state index in [2.05, 4.69) is 5.32 Å². The molecule has 4 N–H and O–H groups in total. The summed E-state index contributed by atoms with van der Waals surface area (Å²) in [6, 6.07) is 4.38. The van der Waals surface area contributed by atoms with Gasteiger partial charge >= 0.3 is 5.97 Å². The molecule has 1 amide bonds. The number of benzene rings is 1.